The molecule has 0 aliphatic carbocycles. The maximum atomic E-state index is 6.62. The van der Waals surface area contributed by atoms with Crippen LogP contribution in [0, 0.1) is 0 Å². The molecule has 0 bridgehead atoms. The van der Waals surface area contributed by atoms with Crippen LogP contribution in [0.3, 0.4) is 0 Å². The molecule has 0 aliphatic heterocycles. The van der Waals surface area contributed by atoms with Crippen LogP contribution in [0.5, 0.6) is 0 Å². The van der Waals surface area contributed by atoms with Crippen LogP contribution in [-0.4, -0.2) is 142 Å². The second-order valence-corrected chi connectivity index (χ2v) is 16.9. The number of hydrogen-bond acceptors (Lipinski definition) is 10. The fourth-order valence-electron chi connectivity index (χ4n) is 4.73. The molecule has 0 amide bonds. The highest BCUT2D eigenvalue weighted by molar-refractivity contribution is 8.76. The van der Waals surface area contributed by atoms with Gasteiger partial charge >= 0.3 is 18.6 Å². The number of likely N-dealkylation sites (N-methyl/N-ethyl adjacent to an activating group) is 4. The van der Waals surface area contributed by atoms with Gasteiger partial charge in [0.2, 0.25) is 0 Å². The Labute approximate surface area is 260 Å². The zero-order valence-electron chi connectivity index (χ0n) is 27.9. The first-order valence-electron chi connectivity index (χ1n) is 15.9. The van der Waals surface area contributed by atoms with Crippen LogP contribution in [0.25, 0.3) is 0 Å². The smallest absolute Gasteiger partial charge is 0.322 e. The number of hydrogen-bond donors (Lipinski definition) is 0. The van der Waals surface area contributed by atoms with Crippen molar-refractivity contribution >= 4 is 40.2 Å². The van der Waals surface area contributed by atoms with Crippen LogP contribution in [0.2, 0.25) is 12.1 Å². The fraction of sp³-hybridized carbons (Fsp3) is 1.00. The van der Waals surface area contributed by atoms with Crippen molar-refractivity contribution in [3.05, 3.63) is 0 Å². The zero-order chi connectivity index (χ0) is 30.2. The van der Waals surface area contributed by atoms with Gasteiger partial charge in [0, 0.05) is 38.8 Å². The summed E-state index contributed by atoms with van der Waals surface area (Å²) in [7, 11) is 4.26. The Bertz CT molecular complexity index is 504. The Morgan fingerprint density at radius 3 is 1.10 bits per heavy atom. The summed E-state index contributed by atoms with van der Waals surface area (Å²) >= 11 is 0. The molecule has 0 fully saturated rings. The molecule has 0 aromatic carbocycles. The van der Waals surface area contributed by atoms with E-state index in [4.69, 9.17) is 17.7 Å². The standard InChI is InChI=1S/C28H66N4O4S2Si2/c1-11-29(12-2)25-27(31(15-5)16-6)35-39(33-9)23-19-21-37-38-22-20-24-40(34-10)36-28(32(17-7)18-8)26-30(13-3)14-4/h27-28,39-40H,11-26H2,1-10H3. The van der Waals surface area contributed by atoms with Crippen molar-refractivity contribution in [2.45, 2.75) is 92.8 Å². The van der Waals surface area contributed by atoms with Gasteiger partial charge in [-0.1, -0.05) is 77.0 Å². The van der Waals surface area contributed by atoms with Crippen molar-refractivity contribution in [1.82, 2.24) is 19.6 Å². The third-order valence-corrected chi connectivity index (χ3v) is 14.2. The molecule has 40 heavy (non-hydrogen) atoms. The van der Waals surface area contributed by atoms with Crippen LogP contribution >= 0.6 is 21.6 Å². The highest BCUT2D eigenvalue weighted by Gasteiger charge is 2.25. The highest BCUT2D eigenvalue weighted by Crippen LogP contribution is 2.25. The average molecular weight is 643 g/mol. The summed E-state index contributed by atoms with van der Waals surface area (Å²) in [6.45, 7) is 27.9. The predicted molar refractivity (Wildman–Crippen MR) is 183 cm³/mol. The van der Waals surface area contributed by atoms with Crippen molar-refractivity contribution in [2.24, 2.45) is 0 Å². The van der Waals surface area contributed by atoms with E-state index in [0.717, 1.165) is 102 Å². The monoisotopic (exact) mass is 642 g/mol. The molecule has 4 atom stereocenters. The largest absolute Gasteiger partial charge is 0.400 e. The summed E-state index contributed by atoms with van der Waals surface area (Å²) in [5.74, 6) is 2.28. The Morgan fingerprint density at radius 1 is 0.525 bits per heavy atom. The molecule has 0 aromatic heterocycles. The number of rotatable bonds is 29. The lowest BCUT2D eigenvalue weighted by Crippen LogP contribution is -2.48. The van der Waals surface area contributed by atoms with Gasteiger partial charge < -0.3 is 17.7 Å². The maximum Gasteiger partial charge on any atom is 0.322 e. The second-order valence-electron chi connectivity index (χ2n) is 9.85. The van der Waals surface area contributed by atoms with Gasteiger partial charge in [-0.15, -0.1) is 0 Å². The Kier molecular flexibility index (Phi) is 27.9. The summed E-state index contributed by atoms with van der Waals surface area (Å²) in [6.07, 6.45) is 2.55. The molecular formula is C28H66N4O4S2Si2. The first-order chi connectivity index (χ1) is 19.4. The molecule has 242 valence electrons. The normalized spacial score (nSPS) is 15.4. The minimum atomic E-state index is -1.69. The summed E-state index contributed by atoms with van der Waals surface area (Å²) in [4.78, 5) is 9.76. The quantitative estimate of drug-likeness (QED) is 0.0486. The third kappa shape index (κ3) is 17.8. The SMILES string of the molecule is CCN(CC)CC(O[SiH](CCCSSCCC[SiH](OC)OC(CN(CC)CC)N(CC)CC)OC)N(CC)CC. The fourth-order valence-corrected chi connectivity index (χ4v) is 10.8. The molecule has 0 aliphatic rings. The minimum absolute atomic E-state index is 0.127. The molecule has 0 saturated heterocycles. The molecule has 8 nitrogen and oxygen atoms in total. The lowest BCUT2D eigenvalue weighted by Gasteiger charge is -2.35. The van der Waals surface area contributed by atoms with E-state index in [-0.39, 0.29) is 12.5 Å². The summed E-state index contributed by atoms with van der Waals surface area (Å²) in [5, 5.41) is 0. The molecule has 0 N–H and O–H groups in total. The van der Waals surface area contributed by atoms with Crippen LogP contribution in [0.15, 0.2) is 0 Å². The molecule has 12 heteroatoms. The lowest BCUT2D eigenvalue weighted by molar-refractivity contribution is -0.0109. The van der Waals surface area contributed by atoms with Gasteiger partial charge in [-0.2, -0.15) is 0 Å². The minimum Gasteiger partial charge on any atom is -0.400 e. The van der Waals surface area contributed by atoms with E-state index in [1.165, 1.54) is 0 Å². The van der Waals surface area contributed by atoms with E-state index < -0.39 is 18.6 Å². The van der Waals surface area contributed by atoms with E-state index in [1.807, 2.05) is 35.8 Å². The first kappa shape index (κ1) is 40.8. The van der Waals surface area contributed by atoms with Crippen molar-refractivity contribution in [3.63, 3.8) is 0 Å². The first-order valence-corrected chi connectivity index (χ1v) is 21.9. The average Bonchev–Trinajstić information content (AvgIpc) is 2.98. The maximum absolute atomic E-state index is 6.62. The predicted octanol–water partition coefficient (Wildman–Crippen LogP) is 4.93. The van der Waals surface area contributed by atoms with Crippen LogP contribution in [0.4, 0.5) is 0 Å². The Balaban J connectivity index is 4.48. The van der Waals surface area contributed by atoms with Crippen molar-refractivity contribution in [3.8, 4) is 0 Å². The van der Waals surface area contributed by atoms with Crippen molar-refractivity contribution in [2.75, 3.05) is 91.2 Å². The number of nitrogens with zero attached hydrogens (tertiary/aromatic N) is 4. The van der Waals surface area contributed by atoms with Gasteiger partial charge in [-0.3, -0.25) is 19.6 Å². The molecule has 0 heterocycles. The van der Waals surface area contributed by atoms with E-state index in [9.17, 15) is 0 Å². The Morgan fingerprint density at radius 2 is 0.850 bits per heavy atom. The summed E-state index contributed by atoms with van der Waals surface area (Å²) in [6, 6.07) is 2.12. The molecule has 0 rings (SSSR count). The topological polar surface area (TPSA) is 49.9 Å². The lowest BCUT2D eigenvalue weighted by atomic mass is 10.4. The second kappa shape index (κ2) is 27.4. The summed E-state index contributed by atoms with van der Waals surface area (Å²) in [5.41, 5.74) is 0. The van der Waals surface area contributed by atoms with Gasteiger partial charge in [-0.05, 0) is 77.3 Å². The van der Waals surface area contributed by atoms with Gasteiger partial charge in [0.1, 0.15) is 12.5 Å². The van der Waals surface area contributed by atoms with Crippen LogP contribution in [0.1, 0.15) is 68.2 Å². The van der Waals surface area contributed by atoms with Crippen LogP contribution in [-0.2, 0) is 17.7 Å². The molecule has 4 unspecified atom stereocenters. The van der Waals surface area contributed by atoms with E-state index in [0.29, 0.717) is 0 Å². The van der Waals surface area contributed by atoms with Gasteiger partial charge in [0.15, 0.2) is 0 Å². The van der Waals surface area contributed by atoms with E-state index in [2.05, 4.69) is 75.0 Å². The van der Waals surface area contributed by atoms with E-state index in [1.54, 1.807) is 0 Å². The molecule has 0 saturated carbocycles. The van der Waals surface area contributed by atoms with Gasteiger partial charge in [-0.25, -0.2) is 0 Å². The highest BCUT2D eigenvalue weighted by atomic mass is 33.1. The molecular weight excluding hydrogens is 577 g/mol. The van der Waals surface area contributed by atoms with Gasteiger partial charge in [0.05, 0.1) is 0 Å². The van der Waals surface area contributed by atoms with Crippen molar-refractivity contribution < 1.29 is 17.7 Å². The Hall–Kier alpha value is 0.814. The summed E-state index contributed by atoms with van der Waals surface area (Å²) < 4.78 is 25.0. The van der Waals surface area contributed by atoms with Crippen LogP contribution < -0.4 is 0 Å². The molecule has 0 spiro atoms. The zero-order valence-corrected chi connectivity index (χ0v) is 31.8. The third-order valence-electron chi connectivity index (χ3n) is 7.62. The van der Waals surface area contributed by atoms with Crippen molar-refractivity contribution in [1.29, 1.82) is 0 Å². The molecule has 0 radical (unpaired) electrons. The van der Waals surface area contributed by atoms with Gasteiger partial charge in [0.25, 0.3) is 0 Å². The van der Waals surface area contributed by atoms with E-state index >= 15 is 0 Å². The molecule has 0 aromatic rings.